The van der Waals surface area contributed by atoms with Gasteiger partial charge < -0.3 is 10.1 Å². The predicted octanol–water partition coefficient (Wildman–Crippen LogP) is 2.20. The normalized spacial score (nSPS) is 24.1. The predicted molar refractivity (Wildman–Crippen MR) is 81.8 cm³/mol. The molecule has 1 aromatic carbocycles. The minimum atomic E-state index is -0.0530. The Kier molecular flexibility index (Phi) is 5.22. The van der Waals surface area contributed by atoms with Gasteiger partial charge in [0.2, 0.25) is 0 Å². The summed E-state index contributed by atoms with van der Waals surface area (Å²) < 4.78 is 19.6. The van der Waals surface area contributed by atoms with Crippen molar-refractivity contribution in [2.75, 3.05) is 39.4 Å². The summed E-state index contributed by atoms with van der Waals surface area (Å²) in [6.45, 7) is 6.20. The third kappa shape index (κ3) is 4.25. The molecule has 0 amide bonds. The molecule has 4 heteroatoms. The van der Waals surface area contributed by atoms with Gasteiger partial charge in [-0.05, 0) is 49.9 Å². The molecule has 0 aromatic heterocycles. The van der Waals surface area contributed by atoms with Crippen LogP contribution in [-0.4, -0.2) is 44.3 Å². The van der Waals surface area contributed by atoms with Gasteiger partial charge >= 0.3 is 0 Å². The van der Waals surface area contributed by atoms with E-state index in [0.29, 0.717) is 12.5 Å². The largest absolute Gasteiger partial charge is 0.379 e. The summed E-state index contributed by atoms with van der Waals surface area (Å²) >= 11 is 0. The molecule has 2 aliphatic heterocycles. The van der Waals surface area contributed by atoms with E-state index < -0.39 is 0 Å². The van der Waals surface area contributed by atoms with E-state index in [-0.39, 0.29) is 5.82 Å². The highest BCUT2D eigenvalue weighted by Crippen LogP contribution is 2.19. The Morgan fingerprint density at radius 2 is 2.14 bits per heavy atom. The average Bonchev–Trinajstić information content (AvgIpc) is 2.52. The lowest BCUT2D eigenvalue weighted by Gasteiger charge is -2.27. The molecule has 21 heavy (non-hydrogen) atoms. The average molecular weight is 292 g/mol. The number of benzene rings is 1. The van der Waals surface area contributed by atoms with Crippen molar-refractivity contribution in [1.82, 2.24) is 10.2 Å². The van der Waals surface area contributed by atoms with Crippen LogP contribution in [0.5, 0.6) is 0 Å². The second kappa shape index (κ2) is 7.34. The minimum Gasteiger partial charge on any atom is -0.379 e. The topological polar surface area (TPSA) is 24.5 Å². The van der Waals surface area contributed by atoms with Gasteiger partial charge in [0.25, 0.3) is 0 Å². The molecule has 1 aromatic rings. The third-order valence-corrected chi connectivity index (χ3v) is 4.54. The second-order valence-corrected chi connectivity index (χ2v) is 6.23. The maximum atomic E-state index is 14.3. The van der Waals surface area contributed by atoms with Gasteiger partial charge in [-0.3, -0.25) is 4.90 Å². The smallest absolute Gasteiger partial charge is 0.127 e. The van der Waals surface area contributed by atoms with Crippen LogP contribution in [0.15, 0.2) is 18.2 Å². The number of hydrogen-bond donors (Lipinski definition) is 1. The summed E-state index contributed by atoms with van der Waals surface area (Å²) in [4.78, 5) is 2.26. The number of rotatable bonds is 4. The molecular formula is C17H25FN2O. The van der Waals surface area contributed by atoms with Crippen LogP contribution in [0.4, 0.5) is 4.39 Å². The molecule has 0 saturated carbocycles. The number of nitrogens with one attached hydrogen (secondary N) is 1. The van der Waals surface area contributed by atoms with E-state index >= 15 is 0 Å². The summed E-state index contributed by atoms with van der Waals surface area (Å²) in [6, 6.07) is 5.81. The molecule has 1 N–H and O–H groups in total. The van der Waals surface area contributed by atoms with E-state index in [4.69, 9.17) is 4.74 Å². The molecule has 0 radical (unpaired) electrons. The number of ether oxygens (including phenoxy) is 1. The molecule has 2 saturated heterocycles. The molecule has 1 unspecified atom stereocenters. The van der Waals surface area contributed by atoms with Crippen molar-refractivity contribution in [2.45, 2.75) is 25.8 Å². The SMILES string of the molecule is Fc1cc(CC2CCCNC2)ccc1CN1CCOCC1. The Labute approximate surface area is 126 Å². The fourth-order valence-corrected chi connectivity index (χ4v) is 3.28. The van der Waals surface area contributed by atoms with Crippen LogP contribution in [0.25, 0.3) is 0 Å². The van der Waals surface area contributed by atoms with Gasteiger partial charge in [-0.1, -0.05) is 12.1 Å². The van der Waals surface area contributed by atoms with E-state index in [2.05, 4.69) is 16.3 Å². The number of piperidine rings is 1. The van der Waals surface area contributed by atoms with Gasteiger partial charge in [-0.25, -0.2) is 4.39 Å². The Balaban J connectivity index is 1.59. The Hall–Kier alpha value is -0.970. The molecule has 1 atom stereocenters. The zero-order valence-corrected chi connectivity index (χ0v) is 12.6. The first kappa shape index (κ1) is 14.9. The summed E-state index contributed by atoms with van der Waals surface area (Å²) in [7, 11) is 0. The molecule has 116 valence electrons. The van der Waals surface area contributed by atoms with Crippen LogP contribution < -0.4 is 5.32 Å². The van der Waals surface area contributed by atoms with Crippen molar-refractivity contribution in [3.05, 3.63) is 35.1 Å². The van der Waals surface area contributed by atoms with E-state index in [9.17, 15) is 4.39 Å². The molecule has 2 aliphatic rings. The number of morpholine rings is 1. The number of nitrogens with zero attached hydrogens (tertiary/aromatic N) is 1. The van der Waals surface area contributed by atoms with Gasteiger partial charge in [0.05, 0.1) is 13.2 Å². The zero-order valence-electron chi connectivity index (χ0n) is 12.6. The monoisotopic (exact) mass is 292 g/mol. The van der Waals surface area contributed by atoms with Crippen LogP contribution in [0.1, 0.15) is 24.0 Å². The van der Waals surface area contributed by atoms with Crippen molar-refractivity contribution in [3.63, 3.8) is 0 Å². The van der Waals surface area contributed by atoms with Crippen molar-refractivity contribution in [3.8, 4) is 0 Å². The first-order chi connectivity index (χ1) is 10.3. The maximum absolute atomic E-state index is 14.3. The van der Waals surface area contributed by atoms with Crippen LogP contribution in [-0.2, 0) is 17.7 Å². The van der Waals surface area contributed by atoms with Gasteiger partial charge in [-0.2, -0.15) is 0 Å². The fourth-order valence-electron chi connectivity index (χ4n) is 3.28. The summed E-state index contributed by atoms with van der Waals surface area (Å²) in [5.74, 6) is 0.603. The first-order valence-electron chi connectivity index (χ1n) is 8.09. The fraction of sp³-hybridized carbons (Fsp3) is 0.647. The van der Waals surface area contributed by atoms with Crippen molar-refractivity contribution in [2.24, 2.45) is 5.92 Å². The summed E-state index contributed by atoms with van der Waals surface area (Å²) in [5.41, 5.74) is 1.94. The molecule has 3 nitrogen and oxygen atoms in total. The Bertz CT molecular complexity index is 454. The van der Waals surface area contributed by atoms with E-state index in [1.54, 1.807) is 6.07 Å². The molecule has 3 rings (SSSR count). The minimum absolute atomic E-state index is 0.0530. The lowest BCUT2D eigenvalue weighted by Crippen LogP contribution is -2.35. The van der Waals surface area contributed by atoms with Crippen LogP contribution in [0.2, 0.25) is 0 Å². The van der Waals surface area contributed by atoms with Gasteiger partial charge in [0.15, 0.2) is 0 Å². The molecule has 0 aliphatic carbocycles. The number of halogens is 1. The van der Waals surface area contributed by atoms with E-state index in [1.165, 1.54) is 12.8 Å². The summed E-state index contributed by atoms with van der Waals surface area (Å²) in [6.07, 6.45) is 3.48. The molecule has 2 fully saturated rings. The molecule has 0 spiro atoms. The summed E-state index contributed by atoms with van der Waals surface area (Å²) in [5, 5.41) is 3.42. The molecule has 0 bridgehead atoms. The highest BCUT2D eigenvalue weighted by molar-refractivity contribution is 5.25. The highest BCUT2D eigenvalue weighted by atomic mass is 19.1. The zero-order chi connectivity index (χ0) is 14.5. The van der Waals surface area contributed by atoms with Gasteiger partial charge in [-0.15, -0.1) is 0 Å². The third-order valence-electron chi connectivity index (χ3n) is 4.54. The number of hydrogen-bond acceptors (Lipinski definition) is 3. The van der Waals surface area contributed by atoms with Crippen molar-refractivity contribution >= 4 is 0 Å². The first-order valence-corrected chi connectivity index (χ1v) is 8.09. The maximum Gasteiger partial charge on any atom is 0.127 e. The lowest BCUT2D eigenvalue weighted by molar-refractivity contribution is 0.0337. The lowest BCUT2D eigenvalue weighted by atomic mass is 9.92. The van der Waals surface area contributed by atoms with Crippen LogP contribution in [0.3, 0.4) is 0 Å². The quantitative estimate of drug-likeness (QED) is 0.921. The Morgan fingerprint density at radius 3 is 2.86 bits per heavy atom. The van der Waals surface area contributed by atoms with E-state index in [0.717, 1.165) is 56.9 Å². The molecular weight excluding hydrogens is 267 g/mol. The second-order valence-electron chi connectivity index (χ2n) is 6.23. The van der Waals surface area contributed by atoms with Crippen LogP contribution >= 0.6 is 0 Å². The highest BCUT2D eigenvalue weighted by Gasteiger charge is 2.16. The van der Waals surface area contributed by atoms with Crippen LogP contribution in [0, 0.1) is 11.7 Å². The Morgan fingerprint density at radius 1 is 1.29 bits per heavy atom. The van der Waals surface area contributed by atoms with E-state index in [1.807, 2.05) is 6.07 Å². The van der Waals surface area contributed by atoms with Gasteiger partial charge in [0.1, 0.15) is 5.82 Å². The van der Waals surface area contributed by atoms with Gasteiger partial charge in [0, 0.05) is 25.2 Å². The van der Waals surface area contributed by atoms with Crippen molar-refractivity contribution < 1.29 is 9.13 Å². The van der Waals surface area contributed by atoms with Crippen molar-refractivity contribution in [1.29, 1.82) is 0 Å². The molecule has 2 heterocycles. The standard InChI is InChI=1S/C17H25FN2O/c18-17-11-14(10-15-2-1-5-19-12-15)3-4-16(17)13-20-6-8-21-9-7-20/h3-4,11,15,19H,1-2,5-10,12-13H2.